The van der Waals surface area contributed by atoms with Gasteiger partial charge in [0.05, 0.1) is 11.9 Å². The average Bonchev–Trinajstić information content (AvgIpc) is 2.27. The Bertz CT molecular complexity index is 417. The van der Waals surface area contributed by atoms with Gasteiger partial charge in [0.15, 0.2) is 0 Å². The number of amides is 1. The molecule has 0 radical (unpaired) electrons. The van der Waals surface area contributed by atoms with E-state index in [0.717, 1.165) is 25.1 Å². The van der Waals surface area contributed by atoms with Crippen molar-refractivity contribution < 1.29 is 9.53 Å². The van der Waals surface area contributed by atoms with Crippen molar-refractivity contribution in [3.05, 3.63) is 18.3 Å². The summed E-state index contributed by atoms with van der Waals surface area (Å²) in [6.45, 7) is 4.53. The number of nitrogens with two attached hydrogens (primary N) is 2. The summed E-state index contributed by atoms with van der Waals surface area (Å²) < 4.78 is 5.03. The molecule has 0 fully saturated rings. The van der Waals surface area contributed by atoms with Crippen LogP contribution in [0, 0.1) is 0 Å². The van der Waals surface area contributed by atoms with Crippen LogP contribution in [0.15, 0.2) is 18.3 Å². The molecule has 1 heterocycles. The second-order valence-corrected chi connectivity index (χ2v) is 5.15. The van der Waals surface area contributed by atoms with Crippen LogP contribution < -0.4 is 16.4 Å². The molecule has 106 valence electrons. The molecule has 6 heteroatoms. The monoisotopic (exact) mass is 266 g/mol. The van der Waals surface area contributed by atoms with Crippen LogP contribution >= 0.6 is 0 Å². The summed E-state index contributed by atoms with van der Waals surface area (Å²) in [4.78, 5) is 16.9. The molecular formula is C13H22N4O2. The maximum Gasteiger partial charge on any atom is 0.405 e. The smallest absolute Gasteiger partial charge is 0.405 e. The number of hydrogen-bond acceptors (Lipinski definition) is 5. The summed E-state index contributed by atoms with van der Waals surface area (Å²) in [5.41, 5.74) is 11.0. The predicted octanol–water partition coefficient (Wildman–Crippen LogP) is 1.75. The molecule has 0 atom stereocenters. The van der Waals surface area contributed by atoms with Gasteiger partial charge in [0.2, 0.25) is 0 Å². The topological polar surface area (TPSA) is 94.5 Å². The van der Waals surface area contributed by atoms with Crippen LogP contribution in [0.25, 0.3) is 0 Å². The van der Waals surface area contributed by atoms with E-state index >= 15 is 0 Å². The Morgan fingerprint density at radius 2 is 2.16 bits per heavy atom. The third-order valence-corrected chi connectivity index (χ3v) is 2.86. The van der Waals surface area contributed by atoms with Crippen molar-refractivity contribution in [2.75, 3.05) is 24.2 Å². The highest BCUT2D eigenvalue weighted by Crippen LogP contribution is 2.18. The van der Waals surface area contributed by atoms with E-state index in [9.17, 15) is 4.79 Å². The highest BCUT2D eigenvalue weighted by molar-refractivity contribution is 5.65. The minimum absolute atomic E-state index is 0.508. The van der Waals surface area contributed by atoms with Crippen LogP contribution in [0.3, 0.4) is 0 Å². The normalized spacial score (nSPS) is 11.1. The van der Waals surface area contributed by atoms with Crippen molar-refractivity contribution in [1.29, 1.82) is 0 Å². The molecule has 0 saturated heterocycles. The predicted molar refractivity (Wildman–Crippen MR) is 75.9 cm³/mol. The molecule has 1 rings (SSSR count). The van der Waals surface area contributed by atoms with Gasteiger partial charge in [-0.2, -0.15) is 0 Å². The minimum atomic E-state index is -0.735. The van der Waals surface area contributed by atoms with Gasteiger partial charge in [-0.15, -0.1) is 0 Å². The molecule has 1 aromatic rings. The van der Waals surface area contributed by atoms with Crippen LogP contribution in [0.5, 0.6) is 0 Å². The number of nitrogens with zero attached hydrogens (tertiary/aromatic N) is 2. The molecule has 4 N–H and O–H groups in total. The molecule has 6 nitrogen and oxygen atoms in total. The quantitative estimate of drug-likeness (QED) is 0.818. The average molecular weight is 266 g/mol. The second kappa shape index (κ2) is 6.26. The molecule has 0 aliphatic carbocycles. The number of ether oxygens (including phenoxy) is 1. The number of nitrogen functional groups attached to an aromatic ring is 1. The fourth-order valence-corrected chi connectivity index (χ4v) is 1.82. The summed E-state index contributed by atoms with van der Waals surface area (Å²) in [7, 11) is 1.98. The molecule has 19 heavy (non-hydrogen) atoms. The van der Waals surface area contributed by atoms with Crippen LogP contribution in [0.4, 0.5) is 16.3 Å². The number of aromatic nitrogens is 1. The third kappa shape index (κ3) is 5.46. The van der Waals surface area contributed by atoms with Crippen LogP contribution in [-0.4, -0.2) is 30.3 Å². The SMILES string of the molecule is CN(CCCC(C)(C)OC(N)=O)c1ccc(N)nc1. The Balaban J connectivity index is 2.40. The van der Waals surface area contributed by atoms with Gasteiger partial charge in [-0.05, 0) is 38.8 Å². The van der Waals surface area contributed by atoms with Gasteiger partial charge in [0, 0.05) is 13.6 Å². The van der Waals surface area contributed by atoms with Crippen molar-refractivity contribution >= 4 is 17.6 Å². The Hall–Kier alpha value is -1.98. The number of rotatable bonds is 6. The van der Waals surface area contributed by atoms with E-state index in [0.29, 0.717) is 5.82 Å². The summed E-state index contributed by atoms with van der Waals surface area (Å²) >= 11 is 0. The molecule has 0 aliphatic heterocycles. The number of carbonyl (C=O) groups is 1. The second-order valence-electron chi connectivity index (χ2n) is 5.15. The number of primary amides is 1. The largest absolute Gasteiger partial charge is 0.444 e. The first kappa shape index (κ1) is 15.1. The zero-order chi connectivity index (χ0) is 14.5. The Labute approximate surface area is 113 Å². The fourth-order valence-electron chi connectivity index (χ4n) is 1.82. The Kier molecular flexibility index (Phi) is 4.97. The number of carbonyl (C=O) groups excluding carboxylic acids is 1. The Morgan fingerprint density at radius 1 is 1.47 bits per heavy atom. The molecule has 1 aromatic heterocycles. The van der Waals surface area contributed by atoms with E-state index in [1.165, 1.54) is 0 Å². The zero-order valence-electron chi connectivity index (χ0n) is 11.7. The lowest BCUT2D eigenvalue weighted by molar-refractivity contribution is 0.0381. The highest BCUT2D eigenvalue weighted by atomic mass is 16.6. The first-order valence-electron chi connectivity index (χ1n) is 6.21. The van der Waals surface area contributed by atoms with E-state index < -0.39 is 11.7 Å². The van der Waals surface area contributed by atoms with Crippen LogP contribution in [-0.2, 0) is 4.74 Å². The third-order valence-electron chi connectivity index (χ3n) is 2.86. The lowest BCUT2D eigenvalue weighted by Gasteiger charge is -2.26. The van der Waals surface area contributed by atoms with Crippen molar-refractivity contribution in [3.63, 3.8) is 0 Å². The summed E-state index contributed by atoms with van der Waals surface area (Å²) in [5, 5.41) is 0. The molecule has 0 bridgehead atoms. The van der Waals surface area contributed by atoms with Gasteiger partial charge in [0.1, 0.15) is 11.4 Å². The van der Waals surface area contributed by atoms with Gasteiger partial charge in [-0.3, -0.25) is 0 Å². The maximum absolute atomic E-state index is 10.7. The van der Waals surface area contributed by atoms with E-state index in [1.807, 2.05) is 27.0 Å². The molecule has 0 aromatic carbocycles. The number of hydrogen-bond donors (Lipinski definition) is 2. The maximum atomic E-state index is 10.7. The lowest BCUT2D eigenvalue weighted by atomic mass is 10.0. The van der Waals surface area contributed by atoms with Gasteiger partial charge in [-0.1, -0.05) is 0 Å². The first-order valence-corrected chi connectivity index (χ1v) is 6.21. The van der Waals surface area contributed by atoms with E-state index in [2.05, 4.69) is 9.88 Å². The van der Waals surface area contributed by atoms with E-state index in [-0.39, 0.29) is 0 Å². The summed E-state index contributed by atoms with van der Waals surface area (Å²) in [6, 6.07) is 3.69. The van der Waals surface area contributed by atoms with Crippen molar-refractivity contribution in [2.24, 2.45) is 5.73 Å². The van der Waals surface area contributed by atoms with Crippen molar-refractivity contribution in [1.82, 2.24) is 4.98 Å². The molecule has 1 amide bonds. The first-order chi connectivity index (χ1) is 8.80. The summed E-state index contributed by atoms with van der Waals surface area (Å²) in [6.07, 6.45) is 2.62. The fraction of sp³-hybridized carbons (Fsp3) is 0.538. The molecule has 0 saturated carbocycles. The van der Waals surface area contributed by atoms with Crippen molar-refractivity contribution in [3.8, 4) is 0 Å². The van der Waals surface area contributed by atoms with Gasteiger partial charge in [-0.25, -0.2) is 9.78 Å². The van der Waals surface area contributed by atoms with E-state index in [1.54, 1.807) is 12.3 Å². The summed E-state index contributed by atoms with van der Waals surface area (Å²) in [5.74, 6) is 0.508. The number of anilines is 2. The van der Waals surface area contributed by atoms with Crippen molar-refractivity contribution in [2.45, 2.75) is 32.3 Å². The minimum Gasteiger partial charge on any atom is -0.444 e. The zero-order valence-corrected chi connectivity index (χ0v) is 11.7. The Morgan fingerprint density at radius 3 is 2.68 bits per heavy atom. The van der Waals surface area contributed by atoms with Crippen LogP contribution in [0.1, 0.15) is 26.7 Å². The van der Waals surface area contributed by atoms with Gasteiger partial charge >= 0.3 is 6.09 Å². The molecular weight excluding hydrogens is 244 g/mol. The van der Waals surface area contributed by atoms with Gasteiger partial charge in [0.25, 0.3) is 0 Å². The standard InChI is InChI=1S/C13H22N4O2/c1-13(2,19-12(15)18)7-4-8-17(3)10-5-6-11(14)16-9-10/h5-6,9H,4,7-8H2,1-3H3,(H2,14,16)(H2,15,18). The van der Waals surface area contributed by atoms with Crippen LogP contribution in [0.2, 0.25) is 0 Å². The molecule has 0 unspecified atom stereocenters. The number of pyridine rings is 1. The lowest BCUT2D eigenvalue weighted by Crippen LogP contribution is -2.32. The van der Waals surface area contributed by atoms with Gasteiger partial charge < -0.3 is 21.1 Å². The molecule has 0 spiro atoms. The highest BCUT2D eigenvalue weighted by Gasteiger charge is 2.21. The van der Waals surface area contributed by atoms with E-state index in [4.69, 9.17) is 16.2 Å². The molecule has 0 aliphatic rings.